The molecule has 17 heteroatoms. The molecule has 1 N–H and O–H groups in total. The van der Waals surface area contributed by atoms with E-state index < -0.39 is 92.4 Å². The van der Waals surface area contributed by atoms with Crippen LogP contribution in [0.4, 0.5) is 0 Å². The molecule has 14 aromatic carbocycles. The van der Waals surface area contributed by atoms with Gasteiger partial charge in [-0.3, -0.25) is 19.2 Å². The molecule has 1 heterocycles. The molecule has 0 aliphatic carbocycles. The van der Waals surface area contributed by atoms with Gasteiger partial charge in [-0.1, -0.05) is 394 Å². The number of hydrogen-bond donors (Lipinski definition) is 1. The molecule has 0 bridgehead atoms. The number of hydrogen-bond acceptors (Lipinski definition) is 11. The van der Waals surface area contributed by atoms with Crippen LogP contribution in [-0.2, 0) is 75.5 Å². The van der Waals surface area contributed by atoms with Gasteiger partial charge >= 0.3 is 23.9 Å². The summed E-state index contributed by atoms with van der Waals surface area (Å²) in [5.41, 5.74) is 1.91. The molecule has 15 rings (SSSR count). The van der Waals surface area contributed by atoms with E-state index in [-0.39, 0.29) is 26.0 Å². The van der Waals surface area contributed by atoms with Crippen LogP contribution >= 0.6 is 43.3 Å². The zero-order valence-electron chi connectivity index (χ0n) is 65.0. The van der Waals surface area contributed by atoms with Crippen LogP contribution in [0.1, 0.15) is 49.9 Å². The standard InChI is InChI=1S/C28H28ClNO10.4C18H15P.Pd/c1-15(31)36-14-24-25(37-16(2)32)26(38-17(3)33)27(39-18(4)34)28(35,40-24)22-9-10-23(29)21(12-22)11-19-5-7-20(13-30)8-6-19;4*1-4-10-16(11-5-1)19(17-12-6-2-7-13-17)18-14-8-3-9-15-18;/h5-10,12,24-27,35H,11,14H2,1-4H3;4*1-15H;/t24-,25-,26+,27-,28+;;;;;/m1...../s1. The van der Waals surface area contributed by atoms with E-state index in [0.29, 0.717) is 22.6 Å². The fourth-order valence-electron chi connectivity index (χ4n) is 13.1. The maximum absolute atomic E-state index is 12.2. The molecule has 590 valence electrons. The monoisotopic (exact) mass is 1730 g/mol. The average Bonchev–Trinajstić information content (AvgIpc) is 0.738. The van der Waals surface area contributed by atoms with Gasteiger partial charge in [-0.05, 0) is 137 Å². The molecule has 0 saturated carbocycles. The van der Waals surface area contributed by atoms with E-state index in [2.05, 4.69) is 364 Å². The van der Waals surface area contributed by atoms with Crippen LogP contribution in [0.25, 0.3) is 0 Å². The Morgan fingerprint density at radius 1 is 0.359 bits per heavy atom. The van der Waals surface area contributed by atoms with Crippen molar-refractivity contribution < 1.29 is 68.4 Å². The van der Waals surface area contributed by atoms with E-state index >= 15 is 0 Å². The normalized spacial score (nSPS) is 15.0. The van der Waals surface area contributed by atoms with Crippen LogP contribution in [0.3, 0.4) is 0 Å². The molecular formula is C100H88ClNO10P4Pd. The summed E-state index contributed by atoms with van der Waals surface area (Å²) >= 11 is 6.46. The first-order valence-corrected chi connectivity index (χ1v) is 43.5. The van der Waals surface area contributed by atoms with Crippen molar-refractivity contribution >= 4 is 131 Å². The Morgan fingerprint density at radius 3 is 0.838 bits per heavy atom. The minimum absolute atomic E-state index is 0. The van der Waals surface area contributed by atoms with E-state index in [1.165, 1.54) is 81.9 Å². The zero-order chi connectivity index (χ0) is 81.3. The van der Waals surface area contributed by atoms with Crippen molar-refractivity contribution in [3.05, 3.63) is 434 Å². The summed E-state index contributed by atoms with van der Waals surface area (Å²) in [5, 5.41) is 38.2. The van der Waals surface area contributed by atoms with Crippen molar-refractivity contribution in [3.8, 4) is 6.07 Å². The molecule has 0 radical (unpaired) electrons. The van der Waals surface area contributed by atoms with E-state index in [9.17, 15) is 24.3 Å². The summed E-state index contributed by atoms with van der Waals surface area (Å²) in [6.07, 6.45) is -5.73. The quantitative estimate of drug-likeness (QED) is 0.0335. The van der Waals surface area contributed by atoms with Gasteiger partial charge in [0.25, 0.3) is 0 Å². The van der Waals surface area contributed by atoms with Gasteiger partial charge in [0.1, 0.15) is 12.7 Å². The molecule has 117 heavy (non-hydrogen) atoms. The van der Waals surface area contributed by atoms with Crippen LogP contribution in [0.5, 0.6) is 0 Å². The van der Waals surface area contributed by atoms with Crippen LogP contribution < -0.4 is 63.7 Å². The zero-order valence-corrected chi connectivity index (χ0v) is 70.8. The van der Waals surface area contributed by atoms with Gasteiger partial charge in [-0.25, -0.2) is 0 Å². The molecular weight excluding hydrogens is 1640 g/mol. The van der Waals surface area contributed by atoms with Gasteiger partial charge in [0.05, 0.1) is 11.6 Å². The van der Waals surface area contributed by atoms with Crippen molar-refractivity contribution in [1.82, 2.24) is 0 Å². The smallest absolute Gasteiger partial charge is 0.303 e. The first-order chi connectivity index (χ1) is 56.6. The number of aliphatic hydroxyl groups is 1. The number of rotatable bonds is 20. The second-order valence-electron chi connectivity index (χ2n) is 26.5. The van der Waals surface area contributed by atoms with Gasteiger partial charge in [0.2, 0.25) is 11.9 Å². The van der Waals surface area contributed by atoms with Crippen molar-refractivity contribution in [1.29, 1.82) is 5.26 Å². The van der Waals surface area contributed by atoms with Crippen molar-refractivity contribution in [2.24, 2.45) is 0 Å². The number of carbonyl (C=O) groups excluding carboxylic acids is 4. The predicted octanol–water partition coefficient (Wildman–Crippen LogP) is 16.5. The SMILES string of the molecule is CC(=O)OC[C@H]1O[C@@](O)(c2ccc(Cl)c(Cc3ccc(C#N)cc3)c2)[C@H](OC(C)=O)[C@@H](OC(C)=O)[C@@H]1OC(C)=O.[Pd].c1ccc(P(c2ccccc2)c2ccccc2)cc1.c1ccc(P(c2ccccc2)c2ccccc2)cc1.c1ccc(P(c2ccccc2)c2ccccc2)cc1.c1ccc(P(c2ccccc2)c2ccccc2)cc1. The van der Waals surface area contributed by atoms with Crippen molar-refractivity contribution in [3.63, 3.8) is 0 Å². The minimum Gasteiger partial charge on any atom is -0.463 e. The number of esters is 4. The Labute approximate surface area is 710 Å². The van der Waals surface area contributed by atoms with Crippen LogP contribution in [0.15, 0.2) is 406 Å². The third-order valence-corrected chi connectivity index (χ3v) is 28.3. The van der Waals surface area contributed by atoms with Gasteiger partial charge in [0, 0.05) is 58.7 Å². The number of nitriles is 1. The third kappa shape index (κ3) is 25.8. The topological polar surface area (TPSA) is 158 Å². The average molecular weight is 1730 g/mol. The summed E-state index contributed by atoms with van der Waals surface area (Å²) in [4.78, 5) is 47.8. The van der Waals surface area contributed by atoms with Gasteiger partial charge in [-0.15, -0.1) is 0 Å². The van der Waals surface area contributed by atoms with Gasteiger partial charge in [0.15, 0.2) is 12.2 Å². The Morgan fingerprint density at radius 2 is 0.607 bits per heavy atom. The maximum atomic E-state index is 12.2. The Bertz CT molecular complexity index is 4520. The fourth-order valence-corrected chi connectivity index (χ4v) is 22.5. The molecule has 0 amide bonds. The van der Waals surface area contributed by atoms with E-state index in [1.54, 1.807) is 24.3 Å². The first kappa shape index (κ1) is 88.4. The second-order valence-corrected chi connectivity index (χ2v) is 35.8. The summed E-state index contributed by atoms with van der Waals surface area (Å²) < 4.78 is 27.2. The van der Waals surface area contributed by atoms with Crippen molar-refractivity contribution in [2.45, 2.75) is 64.3 Å². The summed E-state index contributed by atoms with van der Waals surface area (Å²) in [7, 11) is -1.78. The molecule has 0 spiro atoms. The summed E-state index contributed by atoms with van der Waals surface area (Å²) in [6, 6.07) is 143. The van der Waals surface area contributed by atoms with E-state index in [0.717, 1.165) is 33.3 Å². The first-order valence-electron chi connectivity index (χ1n) is 37.8. The number of halogens is 1. The molecule has 0 unspecified atom stereocenters. The third-order valence-electron chi connectivity index (χ3n) is 18.2. The molecule has 11 nitrogen and oxygen atoms in total. The summed E-state index contributed by atoms with van der Waals surface area (Å²) in [6.45, 7) is 3.92. The molecule has 1 saturated heterocycles. The second kappa shape index (κ2) is 46.1. The van der Waals surface area contributed by atoms with Crippen LogP contribution in [-0.4, -0.2) is 60.0 Å². The number of nitrogens with zero attached hydrogens (tertiary/aromatic N) is 1. The summed E-state index contributed by atoms with van der Waals surface area (Å²) in [5.74, 6) is -5.63. The number of ether oxygens (including phenoxy) is 5. The minimum atomic E-state index is -2.47. The number of benzene rings is 14. The Kier molecular flexibility index (Phi) is 34.8. The van der Waals surface area contributed by atoms with E-state index in [1.807, 2.05) is 6.07 Å². The van der Waals surface area contributed by atoms with Gasteiger partial charge < -0.3 is 28.8 Å². The molecule has 0 aromatic heterocycles. The fraction of sp³-hybridized carbons (Fsp3) is 0.110. The van der Waals surface area contributed by atoms with Crippen LogP contribution in [0, 0.1) is 11.3 Å². The van der Waals surface area contributed by atoms with E-state index in [4.69, 9.17) is 40.5 Å². The molecule has 5 atom stereocenters. The largest absolute Gasteiger partial charge is 0.463 e. The molecule has 1 fully saturated rings. The number of carbonyl (C=O) groups is 4. The Hall–Kier alpha value is -11.0. The molecule has 14 aromatic rings. The van der Waals surface area contributed by atoms with Gasteiger partial charge in [-0.2, -0.15) is 5.26 Å². The predicted molar refractivity (Wildman–Crippen MR) is 478 cm³/mol. The maximum Gasteiger partial charge on any atom is 0.303 e. The van der Waals surface area contributed by atoms with Crippen LogP contribution in [0.2, 0.25) is 5.02 Å². The molecule has 1 aliphatic rings. The van der Waals surface area contributed by atoms with Crippen molar-refractivity contribution in [2.75, 3.05) is 6.61 Å². The Balaban J connectivity index is 0.000000161. The molecule has 1 aliphatic heterocycles.